The molecule has 2 aromatic rings. The van der Waals surface area contributed by atoms with Gasteiger partial charge in [-0.1, -0.05) is 17.3 Å². The van der Waals surface area contributed by atoms with Gasteiger partial charge in [0.2, 0.25) is 0 Å². The quantitative estimate of drug-likeness (QED) is 0.744. The van der Waals surface area contributed by atoms with E-state index >= 15 is 0 Å². The van der Waals surface area contributed by atoms with E-state index in [2.05, 4.69) is 5.16 Å². The minimum atomic E-state index is -0.642. The Bertz CT molecular complexity index is 783. The zero-order valence-electron chi connectivity index (χ0n) is 15.0. The van der Waals surface area contributed by atoms with Gasteiger partial charge in [-0.3, -0.25) is 4.79 Å². The molecule has 6 nitrogen and oxygen atoms in total. The number of methoxy groups -OCH3 is 2. The number of oxime groups is 1. The number of hydrogen-bond donors (Lipinski definition) is 0. The van der Waals surface area contributed by atoms with Crippen LogP contribution in [-0.4, -0.2) is 32.5 Å². The third-order valence-electron chi connectivity index (χ3n) is 4.23. The maximum Gasteiger partial charge on any atom is 0.319 e. The monoisotopic (exact) mass is 355 g/mol. The highest BCUT2D eigenvalue weighted by atomic mass is 16.6. The molecule has 0 saturated carbocycles. The second-order valence-corrected chi connectivity index (χ2v) is 5.73. The standard InChI is InChI=1S/C20H21NO5/c1-4-25-20(22)17-18(13-5-9-15(23-2)10-6-13)21-26-19(17)14-7-11-16(24-3)12-8-14/h5-12,17,19H,4H2,1-3H3. The van der Waals surface area contributed by atoms with Crippen molar-refractivity contribution in [3.63, 3.8) is 0 Å². The lowest BCUT2D eigenvalue weighted by atomic mass is 9.88. The summed E-state index contributed by atoms with van der Waals surface area (Å²) in [7, 11) is 3.21. The van der Waals surface area contributed by atoms with Crippen LogP contribution in [0.15, 0.2) is 53.7 Å². The van der Waals surface area contributed by atoms with Crippen molar-refractivity contribution < 1.29 is 23.8 Å². The second-order valence-electron chi connectivity index (χ2n) is 5.73. The molecule has 0 fully saturated rings. The Hall–Kier alpha value is -3.02. The van der Waals surface area contributed by atoms with Crippen molar-refractivity contribution in [1.29, 1.82) is 0 Å². The summed E-state index contributed by atoms with van der Waals surface area (Å²) in [6.07, 6.45) is -0.544. The van der Waals surface area contributed by atoms with E-state index in [9.17, 15) is 4.79 Å². The molecule has 3 rings (SSSR count). The molecule has 0 bridgehead atoms. The fourth-order valence-electron chi connectivity index (χ4n) is 2.88. The van der Waals surface area contributed by atoms with E-state index in [0.717, 1.165) is 22.6 Å². The van der Waals surface area contributed by atoms with Gasteiger partial charge in [0, 0.05) is 5.56 Å². The number of ether oxygens (including phenoxy) is 3. The molecule has 0 N–H and O–H groups in total. The molecule has 6 heteroatoms. The number of esters is 1. The molecule has 0 spiro atoms. The van der Waals surface area contributed by atoms with Gasteiger partial charge in [-0.25, -0.2) is 0 Å². The Labute approximate surface area is 152 Å². The highest BCUT2D eigenvalue weighted by molar-refractivity contribution is 6.13. The molecule has 2 unspecified atom stereocenters. The van der Waals surface area contributed by atoms with Crippen molar-refractivity contribution in [3.05, 3.63) is 59.7 Å². The Morgan fingerprint density at radius 3 is 2.12 bits per heavy atom. The lowest BCUT2D eigenvalue weighted by molar-refractivity contribution is -0.148. The molecule has 1 aliphatic heterocycles. The third kappa shape index (κ3) is 3.49. The van der Waals surface area contributed by atoms with Crippen molar-refractivity contribution in [1.82, 2.24) is 0 Å². The Balaban J connectivity index is 1.92. The predicted molar refractivity (Wildman–Crippen MR) is 96.5 cm³/mol. The number of carbonyl (C=O) groups excluding carboxylic acids is 1. The first-order valence-corrected chi connectivity index (χ1v) is 8.36. The molecular formula is C20H21NO5. The first kappa shape index (κ1) is 17.8. The van der Waals surface area contributed by atoms with Gasteiger partial charge in [0.25, 0.3) is 0 Å². The molecule has 0 radical (unpaired) electrons. The van der Waals surface area contributed by atoms with Crippen LogP contribution in [-0.2, 0) is 14.4 Å². The van der Waals surface area contributed by atoms with Crippen LogP contribution < -0.4 is 9.47 Å². The van der Waals surface area contributed by atoms with Gasteiger partial charge in [0.05, 0.1) is 20.8 Å². The van der Waals surface area contributed by atoms with Gasteiger partial charge < -0.3 is 19.0 Å². The SMILES string of the molecule is CCOC(=O)C1C(c2ccc(OC)cc2)=NOC1c1ccc(OC)cc1. The third-order valence-corrected chi connectivity index (χ3v) is 4.23. The zero-order valence-corrected chi connectivity index (χ0v) is 15.0. The van der Waals surface area contributed by atoms with Crippen molar-refractivity contribution in [2.45, 2.75) is 13.0 Å². The first-order valence-electron chi connectivity index (χ1n) is 8.36. The van der Waals surface area contributed by atoms with Gasteiger partial charge >= 0.3 is 5.97 Å². The fourth-order valence-corrected chi connectivity index (χ4v) is 2.88. The highest BCUT2D eigenvalue weighted by Gasteiger charge is 2.42. The topological polar surface area (TPSA) is 66.4 Å². The van der Waals surface area contributed by atoms with E-state index in [0.29, 0.717) is 12.3 Å². The molecular weight excluding hydrogens is 334 g/mol. The molecule has 0 aliphatic carbocycles. The molecule has 1 aliphatic rings. The van der Waals surface area contributed by atoms with Crippen molar-refractivity contribution in [2.24, 2.45) is 11.1 Å². The van der Waals surface area contributed by atoms with Gasteiger partial charge in [0.15, 0.2) is 6.10 Å². The first-order chi connectivity index (χ1) is 12.7. The smallest absolute Gasteiger partial charge is 0.319 e. The Morgan fingerprint density at radius 2 is 1.58 bits per heavy atom. The Kier molecular flexibility index (Phi) is 5.41. The summed E-state index contributed by atoms with van der Waals surface area (Å²) in [4.78, 5) is 18.3. The largest absolute Gasteiger partial charge is 0.497 e. The average Bonchev–Trinajstić information content (AvgIpc) is 3.13. The summed E-state index contributed by atoms with van der Waals surface area (Å²) in [5.74, 6) is 0.459. The maximum atomic E-state index is 12.6. The number of hydrogen-bond acceptors (Lipinski definition) is 6. The summed E-state index contributed by atoms with van der Waals surface area (Å²) in [5.41, 5.74) is 2.17. The number of rotatable bonds is 6. The van der Waals surface area contributed by atoms with E-state index in [1.807, 2.05) is 48.5 Å². The van der Waals surface area contributed by atoms with E-state index in [4.69, 9.17) is 19.0 Å². The summed E-state index contributed by atoms with van der Waals surface area (Å²) >= 11 is 0. The van der Waals surface area contributed by atoms with Crippen LogP contribution in [0.25, 0.3) is 0 Å². The van der Waals surface area contributed by atoms with E-state index < -0.39 is 12.0 Å². The van der Waals surface area contributed by atoms with Gasteiger partial charge in [-0.2, -0.15) is 0 Å². The van der Waals surface area contributed by atoms with Crippen molar-refractivity contribution in [2.75, 3.05) is 20.8 Å². The van der Waals surface area contributed by atoms with Crippen LogP contribution in [0.1, 0.15) is 24.2 Å². The molecule has 1 heterocycles. The minimum Gasteiger partial charge on any atom is -0.497 e. The van der Waals surface area contributed by atoms with Crippen LogP contribution in [0.4, 0.5) is 0 Å². The van der Waals surface area contributed by atoms with Crippen LogP contribution >= 0.6 is 0 Å². The van der Waals surface area contributed by atoms with Crippen molar-refractivity contribution in [3.8, 4) is 11.5 Å². The predicted octanol–water partition coefficient (Wildman–Crippen LogP) is 3.36. The average molecular weight is 355 g/mol. The summed E-state index contributed by atoms with van der Waals surface area (Å²) in [6.45, 7) is 2.07. The molecule has 0 aromatic heterocycles. The van der Waals surface area contributed by atoms with Gasteiger partial charge in [0.1, 0.15) is 23.1 Å². The van der Waals surface area contributed by atoms with Gasteiger partial charge in [-0.05, 0) is 48.9 Å². The molecule has 2 aromatic carbocycles. The van der Waals surface area contributed by atoms with E-state index in [1.165, 1.54) is 0 Å². The van der Waals surface area contributed by atoms with Crippen molar-refractivity contribution >= 4 is 11.7 Å². The Morgan fingerprint density at radius 1 is 1.00 bits per heavy atom. The van der Waals surface area contributed by atoms with E-state index in [1.54, 1.807) is 21.1 Å². The van der Waals surface area contributed by atoms with Gasteiger partial charge in [-0.15, -0.1) is 0 Å². The van der Waals surface area contributed by atoms with E-state index in [-0.39, 0.29) is 5.97 Å². The fraction of sp³-hybridized carbons (Fsp3) is 0.300. The highest BCUT2D eigenvalue weighted by Crippen LogP contribution is 2.36. The molecule has 0 amide bonds. The number of benzene rings is 2. The molecule has 2 atom stereocenters. The van der Waals surface area contributed by atoms with Crippen LogP contribution in [0, 0.1) is 5.92 Å². The number of carbonyl (C=O) groups is 1. The second kappa shape index (κ2) is 7.91. The van der Waals surface area contributed by atoms with Crippen LogP contribution in [0.5, 0.6) is 11.5 Å². The summed E-state index contributed by atoms with van der Waals surface area (Å²) in [6, 6.07) is 14.7. The molecule has 136 valence electrons. The summed E-state index contributed by atoms with van der Waals surface area (Å²) < 4.78 is 15.6. The van der Waals surface area contributed by atoms with Crippen LogP contribution in [0.3, 0.4) is 0 Å². The molecule has 0 saturated heterocycles. The summed E-state index contributed by atoms with van der Waals surface area (Å²) in [5, 5.41) is 4.19. The minimum absolute atomic E-state index is 0.292. The lowest BCUT2D eigenvalue weighted by Gasteiger charge is -2.18. The maximum absolute atomic E-state index is 12.6. The normalized spacial score (nSPS) is 18.7. The van der Waals surface area contributed by atoms with Crippen LogP contribution in [0.2, 0.25) is 0 Å². The lowest BCUT2D eigenvalue weighted by Crippen LogP contribution is -2.29. The molecule has 26 heavy (non-hydrogen) atoms. The zero-order chi connectivity index (χ0) is 18.5. The number of nitrogens with zero attached hydrogens (tertiary/aromatic N) is 1.